The van der Waals surface area contributed by atoms with E-state index in [1.165, 1.54) is 5.56 Å². The minimum atomic E-state index is -0.0819. The fourth-order valence-electron chi connectivity index (χ4n) is 2.18. The van der Waals surface area contributed by atoms with E-state index in [9.17, 15) is 4.79 Å². The van der Waals surface area contributed by atoms with Crippen LogP contribution in [0.25, 0.3) is 0 Å². The number of rotatable bonds is 4. The van der Waals surface area contributed by atoms with E-state index in [1.54, 1.807) is 0 Å². The van der Waals surface area contributed by atoms with Gasteiger partial charge in [0.2, 0.25) is 0 Å². The highest BCUT2D eigenvalue weighted by Gasteiger charge is 2.26. The summed E-state index contributed by atoms with van der Waals surface area (Å²) < 4.78 is 5.46. The average Bonchev–Trinajstić information content (AvgIpc) is 2.77. The molecule has 1 aliphatic rings. The van der Waals surface area contributed by atoms with Crippen molar-refractivity contribution in [2.75, 3.05) is 13.1 Å². The van der Waals surface area contributed by atoms with Crippen LogP contribution in [0.4, 0.5) is 0 Å². The summed E-state index contributed by atoms with van der Waals surface area (Å²) >= 11 is 0. The summed E-state index contributed by atoms with van der Waals surface area (Å²) in [7, 11) is 0. The zero-order chi connectivity index (χ0) is 13.0. The summed E-state index contributed by atoms with van der Waals surface area (Å²) in [6.45, 7) is 6.55. The van der Waals surface area contributed by atoms with Crippen molar-refractivity contribution in [3.63, 3.8) is 0 Å². The first-order valence-electron chi connectivity index (χ1n) is 6.62. The Morgan fingerprint density at radius 2 is 2.11 bits per heavy atom. The van der Waals surface area contributed by atoms with Crippen LogP contribution in [0.3, 0.4) is 0 Å². The van der Waals surface area contributed by atoms with Gasteiger partial charge >= 0.3 is 5.97 Å². The van der Waals surface area contributed by atoms with Crippen molar-refractivity contribution in [3.8, 4) is 0 Å². The number of carbonyl (C=O) groups excluding carboxylic acids is 1. The third-order valence-electron chi connectivity index (χ3n) is 3.23. The van der Waals surface area contributed by atoms with Crippen molar-refractivity contribution in [1.29, 1.82) is 0 Å². The Kier molecular flexibility index (Phi) is 4.37. The van der Waals surface area contributed by atoms with Gasteiger partial charge in [0, 0.05) is 19.6 Å². The van der Waals surface area contributed by atoms with E-state index in [0.29, 0.717) is 0 Å². The second kappa shape index (κ2) is 6.01. The molecule has 0 bridgehead atoms. The molecule has 0 aliphatic carbocycles. The average molecular weight is 247 g/mol. The zero-order valence-corrected chi connectivity index (χ0v) is 11.1. The molecule has 1 unspecified atom stereocenters. The van der Waals surface area contributed by atoms with E-state index in [1.807, 2.05) is 19.9 Å². The van der Waals surface area contributed by atoms with Crippen LogP contribution in [-0.2, 0) is 16.1 Å². The first-order chi connectivity index (χ1) is 8.65. The number of esters is 1. The molecule has 18 heavy (non-hydrogen) atoms. The topological polar surface area (TPSA) is 29.5 Å². The number of hydrogen-bond acceptors (Lipinski definition) is 3. The highest BCUT2D eigenvalue weighted by Crippen LogP contribution is 2.17. The summed E-state index contributed by atoms with van der Waals surface area (Å²) in [5.74, 6) is -0.116. The first kappa shape index (κ1) is 13.1. The quantitative estimate of drug-likeness (QED) is 0.765. The van der Waals surface area contributed by atoms with Gasteiger partial charge in [0.15, 0.2) is 0 Å². The normalized spacial score (nSPS) is 20.3. The molecular weight excluding hydrogens is 226 g/mol. The Morgan fingerprint density at radius 3 is 2.78 bits per heavy atom. The summed E-state index contributed by atoms with van der Waals surface area (Å²) in [5.41, 5.74) is 1.31. The van der Waals surface area contributed by atoms with Crippen LogP contribution in [0.1, 0.15) is 25.8 Å². The molecule has 0 aromatic heterocycles. The Hall–Kier alpha value is -1.35. The number of carbonyl (C=O) groups is 1. The molecule has 1 saturated heterocycles. The van der Waals surface area contributed by atoms with Crippen molar-refractivity contribution < 1.29 is 9.53 Å². The Bertz CT molecular complexity index is 389. The number of nitrogens with zero attached hydrogens (tertiary/aromatic N) is 1. The second-order valence-electron chi connectivity index (χ2n) is 5.22. The molecule has 1 aliphatic heterocycles. The Labute approximate surface area is 109 Å². The van der Waals surface area contributed by atoms with E-state index in [-0.39, 0.29) is 18.0 Å². The highest BCUT2D eigenvalue weighted by atomic mass is 16.5. The maximum absolute atomic E-state index is 11.5. The smallest absolute Gasteiger partial charge is 0.308 e. The molecule has 1 fully saturated rings. The maximum Gasteiger partial charge on any atom is 0.308 e. The van der Waals surface area contributed by atoms with Gasteiger partial charge in [0.05, 0.1) is 5.92 Å². The molecule has 0 spiro atoms. The van der Waals surface area contributed by atoms with Crippen molar-refractivity contribution in [2.24, 2.45) is 5.92 Å². The third-order valence-corrected chi connectivity index (χ3v) is 3.23. The van der Waals surface area contributed by atoms with Gasteiger partial charge in [-0.25, -0.2) is 0 Å². The molecule has 0 radical (unpaired) electrons. The number of likely N-dealkylation sites (tertiary alicyclic amines) is 1. The lowest BCUT2D eigenvalue weighted by Gasteiger charge is -2.17. The van der Waals surface area contributed by atoms with Gasteiger partial charge in [0.1, 0.15) is 6.10 Å². The van der Waals surface area contributed by atoms with E-state index >= 15 is 0 Å². The lowest BCUT2D eigenvalue weighted by atomic mass is 10.2. The van der Waals surface area contributed by atoms with Crippen molar-refractivity contribution >= 4 is 5.97 Å². The third kappa shape index (κ3) is 3.57. The molecule has 3 heteroatoms. The fraction of sp³-hybridized carbons (Fsp3) is 0.533. The van der Waals surface area contributed by atoms with Crippen molar-refractivity contribution in [3.05, 3.63) is 35.9 Å². The minimum absolute atomic E-state index is 0.0341. The van der Waals surface area contributed by atoms with Gasteiger partial charge in [0.25, 0.3) is 0 Å². The van der Waals surface area contributed by atoms with Crippen molar-refractivity contribution in [1.82, 2.24) is 4.90 Å². The first-order valence-corrected chi connectivity index (χ1v) is 6.62. The largest absolute Gasteiger partial charge is 0.461 e. The van der Waals surface area contributed by atoms with E-state index < -0.39 is 0 Å². The lowest BCUT2D eigenvalue weighted by molar-refractivity contribution is -0.152. The van der Waals surface area contributed by atoms with Crippen LogP contribution in [0.2, 0.25) is 0 Å². The summed E-state index contributed by atoms with van der Waals surface area (Å²) in [4.78, 5) is 13.9. The SMILES string of the molecule is CC(C)C(=O)OC1CCN(Cc2ccccc2)C1. The highest BCUT2D eigenvalue weighted by molar-refractivity contribution is 5.71. The Balaban J connectivity index is 1.80. The summed E-state index contributed by atoms with van der Waals surface area (Å²) in [5, 5.41) is 0. The molecule has 3 nitrogen and oxygen atoms in total. The monoisotopic (exact) mass is 247 g/mol. The molecular formula is C15H21NO2. The summed E-state index contributed by atoms with van der Waals surface area (Å²) in [6, 6.07) is 10.4. The van der Waals surface area contributed by atoms with E-state index in [0.717, 1.165) is 26.1 Å². The Morgan fingerprint density at radius 1 is 1.39 bits per heavy atom. The van der Waals surface area contributed by atoms with Crippen LogP contribution >= 0.6 is 0 Å². The predicted molar refractivity (Wildman–Crippen MR) is 71.1 cm³/mol. The zero-order valence-electron chi connectivity index (χ0n) is 11.1. The fourth-order valence-corrected chi connectivity index (χ4v) is 2.18. The molecule has 1 atom stereocenters. The molecule has 1 aromatic carbocycles. The molecule has 0 amide bonds. The molecule has 0 saturated carbocycles. The van der Waals surface area contributed by atoms with Crippen LogP contribution in [-0.4, -0.2) is 30.1 Å². The van der Waals surface area contributed by atoms with Crippen LogP contribution in [0, 0.1) is 5.92 Å². The second-order valence-corrected chi connectivity index (χ2v) is 5.22. The molecule has 1 heterocycles. The minimum Gasteiger partial charge on any atom is -0.461 e. The van der Waals surface area contributed by atoms with Gasteiger partial charge in [-0.05, 0) is 12.0 Å². The van der Waals surface area contributed by atoms with Gasteiger partial charge in [-0.2, -0.15) is 0 Å². The predicted octanol–water partition coefficient (Wildman–Crippen LogP) is 2.46. The van der Waals surface area contributed by atoms with Crippen LogP contribution in [0.5, 0.6) is 0 Å². The van der Waals surface area contributed by atoms with E-state index in [4.69, 9.17) is 4.74 Å². The lowest BCUT2D eigenvalue weighted by Crippen LogP contribution is -2.26. The van der Waals surface area contributed by atoms with Crippen LogP contribution in [0.15, 0.2) is 30.3 Å². The summed E-state index contributed by atoms with van der Waals surface area (Å²) in [6.07, 6.45) is 1.02. The number of hydrogen-bond donors (Lipinski definition) is 0. The van der Waals surface area contributed by atoms with Gasteiger partial charge in [-0.3, -0.25) is 9.69 Å². The molecule has 2 rings (SSSR count). The van der Waals surface area contributed by atoms with Gasteiger partial charge < -0.3 is 4.74 Å². The molecule has 0 N–H and O–H groups in total. The maximum atomic E-state index is 11.5. The standard InChI is InChI=1S/C15H21NO2/c1-12(2)15(17)18-14-8-9-16(11-14)10-13-6-4-3-5-7-13/h3-7,12,14H,8-11H2,1-2H3. The molecule has 98 valence electrons. The van der Waals surface area contributed by atoms with Crippen LogP contribution < -0.4 is 0 Å². The van der Waals surface area contributed by atoms with E-state index in [2.05, 4.69) is 29.2 Å². The number of ether oxygens (including phenoxy) is 1. The van der Waals surface area contributed by atoms with Gasteiger partial charge in [-0.15, -0.1) is 0 Å². The van der Waals surface area contributed by atoms with Crippen molar-refractivity contribution in [2.45, 2.75) is 32.9 Å². The molecule has 1 aromatic rings. The van der Waals surface area contributed by atoms with Gasteiger partial charge in [-0.1, -0.05) is 44.2 Å². The number of benzene rings is 1.